The molecule has 88 valence electrons. The van der Waals surface area contributed by atoms with Crippen molar-refractivity contribution < 1.29 is 25.2 Å². The van der Waals surface area contributed by atoms with Gasteiger partial charge in [0.05, 0.1) is 6.10 Å². The van der Waals surface area contributed by atoms with Crippen molar-refractivity contribution in [2.24, 2.45) is 0 Å². The third-order valence-electron chi connectivity index (χ3n) is 2.25. The second-order valence-electron chi connectivity index (χ2n) is 3.58. The molecule has 0 aliphatic heterocycles. The molecule has 0 fully saturated rings. The maximum atomic E-state index is 10.3. The fourth-order valence-electron chi connectivity index (χ4n) is 1.39. The van der Waals surface area contributed by atoms with Gasteiger partial charge in [0.25, 0.3) is 0 Å². The van der Waals surface area contributed by atoms with E-state index >= 15 is 0 Å². The minimum atomic E-state index is -0.973. The van der Waals surface area contributed by atoms with Crippen molar-refractivity contribution in [1.29, 1.82) is 0 Å². The summed E-state index contributed by atoms with van der Waals surface area (Å²) in [4.78, 5) is 10.3. The lowest BCUT2D eigenvalue weighted by Gasteiger charge is -2.11. The average molecular weight is 226 g/mol. The van der Waals surface area contributed by atoms with E-state index in [0.717, 1.165) is 0 Å². The highest BCUT2D eigenvalue weighted by Crippen LogP contribution is 2.29. The maximum absolute atomic E-state index is 10.3. The van der Waals surface area contributed by atoms with Crippen LogP contribution in [0.1, 0.15) is 18.4 Å². The minimum Gasteiger partial charge on any atom is -0.504 e. The number of aromatic hydroxyl groups is 2. The zero-order valence-corrected chi connectivity index (χ0v) is 8.63. The van der Waals surface area contributed by atoms with Gasteiger partial charge in [-0.2, -0.15) is 0 Å². The fourth-order valence-corrected chi connectivity index (χ4v) is 1.39. The van der Waals surface area contributed by atoms with E-state index in [1.54, 1.807) is 12.1 Å². The molecule has 0 bridgehead atoms. The molecule has 5 heteroatoms. The number of aliphatic hydroxyl groups is 1. The van der Waals surface area contributed by atoms with Crippen molar-refractivity contribution in [3.05, 3.63) is 23.8 Å². The Kier molecular flexibility index (Phi) is 4.13. The van der Waals surface area contributed by atoms with Gasteiger partial charge in [-0.25, -0.2) is 0 Å². The van der Waals surface area contributed by atoms with Crippen molar-refractivity contribution in [3.8, 4) is 11.5 Å². The van der Waals surface area contributed by atoms with Crippen LogP contribution < -0.4 is 0 Å². The van der Waals surface area contributed by atoms with Crippen molar-refractivity contribution in [2.45, 2.75) is 25.4 Å². The number of aliphatic carboxylic acids is 1. The molecule has 16 heavy (non-hydrogen) atoms. The molecule has 1 aromatic carbocycles. The van der Waals surface area contributed by atoms with Crippen LogP contribution in [0.25, 0.3) is 0 Å². The Morgan fingerprint density at radius 2 is 2.00 bits per heavy atom. The van der Waals surface area contributed by atoms with Gasteiger partial charge in [0, 0.05) is 18.4 Å². The Labute approximate surface area is 92.6 Å². The highest BCUT2D eigenvalue weighted by Gasteiger charge is 2.12. The molecule has 0 radical (unpaired) electrons. The summed E-state index contributed by atoms with van der Waals surface area (Å²) >= 11 is 0. The summed E-state index contributed by atoms with van der Waals surface area (Å²) in [6.07, 6.45) is -0.734. The molecule has 0 aromatic heterocycles. The second-order valence-corrected chi connectivity index (χ2v) is 3.58. The van der Waals surface area contributed by atoms with Crippen LogP contribution in [0.5, 0.6) is 11.5 Å². The van der Waals surface area contributed by atoms with Crippen LogP contribution in [0.15, 0.2) is 18.2 Å². The summed E-state index contributed by atoms with van der Waals surface area (Å²) in [7, 11) is 0. The van der Waals surface area contributed by atoms with Gasteiger partial charge >= 0.3 is 5.97 Å². The van der Waals surface area contributed by atoms with Crippen LogP contribution in [-0.2, 0) is 11.2 Å². The zero-order chi connectivity index (χ0) is 12.1. The Hall–Kier alpha value is -1.75. The van der Waals surface area contributed by atoms with Gasteiger partial charge in [0.2, 0.25) is 0 Å². The molecule has 1 atom stereocenters. The number of hydrogen-bond acceptors (Lipinski definition) is 4. The number of hydrogen-bond donors (Lipinski definition) is 4. The van der Waals surface area contributed by atoms with Gasteiger partial charge in [-0.15, -0.1) is 0 Å². The van der Waals surface area contributed by atoms with Crippen LogP contribution in [0.4, 0.5) is 0 Å². The zero-order valence-electron chi connectivity index (χ0n) is 8.63. The quantitative estimate of drug-likeness (QED) is 0.558. The van der Waals surface area contributed by atoms with Crippen LogP contribution >= 0.6 is 0 Å². The number of rotatable bonds is 5. The Balaban J connectivity index is 2.59. The summed E-state index contributed by atoms with van der Waals surface area (Å²) in [5.41, 5.74) is 0.401. The first-order valence-corrected chi connectivity index (χ1v) is 4.90. The van der Waals surface area contributed by atoms with E-state index in [0.29, 0.717) is 5.56 Å². The molecule has 0 saturated heterocycles. The molecular weight excluding hydrogens is 212 g/mol. The highest BCUT2D eigenvalue weighted by molar-refractivity contribution is 5.66. The smallest absolute Gasteiger partial charge is 0.303 e. The molecule has 0 aliphatic rings. The lowest BCUT2D eigenvalue weighted by atomic mass is 10.0. The Morgan fingerprint density at radius 1 is 1.31 bits per heavy atom. The molecule has 0 heterocycles. The lowest BCUT2D eigenvalue weighted by molar-refractivity contribution is -0.137. The van der Waals surface area contributed by atoms with Gasteiger partial charge in [0.15, 0.2) is 11.5 Å². The number of para-hydroxylation sites is 1. The fraction of sp³-hybridized carbons (Fsp3) is 0.364. The van der Waals surface area contributed by atoms with Crippen molar-refractivity contribution >= 4 is 5.97 Å². The van der Waals surface area contributed by atoms with E-state index < -0.39 is 12.1 Å². The van der Waals surface area contributed by atoms with E-state index in [1.165, 1.54) is 6.07 Å². The van der Waals surface area contributed by atoms with Crippen molar-refractivity contribution in [1.82, 2.24) is 0 Å². The third-order valence-corrected chi connectivity index (χ3v) is 2.25. The first-order chi connectivity index (χ1) is 7.50. The minimum absolute atomic E-state index is 0.116. The van der Waals surface area contributed by atoms with Gasteiger partial charge in [-0.05, 0) is 12.5 Å². The number of carbonyl (C=O) groups is 1. The molecule has 5 nitrogen and oxygen atoms in total. The normalized spacial score (nSPS) is 12.3. The molecule has 1 unspecified atom stereocenters. The lowest BCUT2D eigenvalue weighted by Crippen LogP contribution is -2.12. The summed E-state index contributed by atoms with van der Waals surface area (Å²) < 4.78 is 0. The van der Waals surface area contributed by atoms with E-state index in [1.807, 2.05) is 0 Å². The molecule has 0 aliphatic carbocycles. The average Bonchev–Trinajstić information content (AvgIpc) is 2.22. The van der Waals surface area contributed by atoms with Crippen molar-refractivity contribution in [3.63, 3.8) is 0 Å². The first-order valence-electron chi connectivity index (χ1n) is 4.90. The number of carboxylic acid groups (broad SMARTS) is 1. The maximum Gasteiger partial charge on any atom is 0.303 e. The van der Waals surface area contributed by atoms with Crippen molar-refractivity contribution in [2.75, 3.05) is 0 Å². The number of benzene rings is 1. The van der Waals surface area contributed by atoms with Gasteiger partial charge in [-0.1, -0.05) is 12.1 Å². The predicted molar refractivity (Wildman–Crippen MR) is 56.4 cm³/mol. The summed E-state index contributed by atoms with van der Waals surface area (Å²) in [5.74, 6) is -1.49. The molecular formula is C11H14O5. The largest absolute Gasteiger partial charge is 0.504 e. The van der Waals surface area contributed by atoms with E-state index in [9.17, 15) is 20.1 Å². The SMILES string of the molecule is O=C(O)CCC(O)Cc1cccc(O)c1O. The molecule has 0 amide bonds. The molecule has 0 saturated carbocycles. The van der Waals surface area contributed by atoms with E-state index in [-0.39, 0.29) is 30.8 Å². The Bertz CT molecular complexity index is 375. The molecule has 0 spiro atoms. The van der Waals surface area contributed by atoms with Crippen LogP contribution in [0.2, 0.25) is 0 Å². The molecule has 4 N–H and O–H groups in total. The third kappa shape index (κ3) is 3.43. The number of phenolic OH excluding ortho intramolecular Hbond substituents is 2. The number of carboxylic acids is 1. The monoisotopic (exact) mass is 226 g/mol. The topological polar surface area (TPSA) is 98.0 Å². The molecule has 1 aromatic rings. The van der Waals surface area contributed by atoms with Gasteiger partial charge < -0.3 is 20.4 Å². The number of phenols is 2. The van der Waals surface area contributed by atoms with E-state index in [4.69, 9.17) is 5.11 Å². The van der Waals surface area contributed by atoms with Crippen LogP contribution in [0, 0.1) is 0 Å². The summed E-state index contributed by atoms with van der Waals surface area (Å²) in [6.45, 7) is 0. The van der Waals surface area contributed by atoms with Crippen LogP contribution in [0.3, 0.4) is 0 Å². The van der Waals surface area contributed by atoms with Crippen LogP contribution in [-0.4, -0.2) is 32.5 Å². The highest BCUT2D eigenvalue weighted by atomic mass is 16.4. The second kappa shape index (κ2) is 5.37. The Morgan fingerprint density at radius 3 is 2.62 bits per heavy atom. The summed E-state index contributed by atoms with van der Waals surface area (Å²) in [5, 5.41) is 36.6. The summed E-state index contributed by atoms with van der Waals surface area (Å²) in [6, 6.07) is 4.45. The standard InChI is InChI=1S/C11H14O5/c12-8(4-5-10(14)15)6-7-2-1-3-9(13)11(7)16/h1-3,8,12-13,16H,4-6H2,(H,14,15). The van der Waals surface area contributed by atoms with Gasteiger partial charge in [0.1, 0.15) is 0 Å². The van der Waals surface area contributed by atoms with E-state index in [2.05, 4.69) is 0 Å². The number of aliphatic hydroxyl groups excluding tert-OH is 1. The van der Waals surface area contributed by atoms with Gasteiger partial charge in [-0.3, -0.25) is 4.79 Å². The molecule has 1 rings (SSSR count). The first kappa shape index (κ1) is 12.3. The predicted octanol–water partition coefficient (Wildman–Crippen LogP) is 0.866.